The maximum Gasteiger partial charge on any atom is 0.249 e. The molecule has 1 heterocycles. The van der Waals surface area contributed by atoms with Crippen molar-refractivity contribution >= 4 is 21.8 Å². The molecule has 0 aromatic rings. The molecule has 0 spiro atoms. The number of nitrogens with one attached hydrogen (secondary N) is 1. The summed E-state index contributed by atoms with van der Waals surface area (Å²) in [6, 6.07) is 0. The Morgan fingerprint density at radius 3 is 3.08 bits per heavy atom. The van der Waals surface area contributed by atoms with Gasteiger partial charge in [0.25, 0.3) is 0 Å². The number of hydrogen-bond acceptors (Lipinski definition) is 2. The fraction of sp³-hybridized carbons (Fsp3) is 0.875. The van der Waals surface area contributed by atoms with Crippen LogP contribution in [0.15, 0.2) is 0 Å². The van der Waals surface area contributed by atoms with Crippen LogP contribution in [0.1, 0.15) is 19.3 Å². The molecule has 1 N–H and O–H groups in total. The lowest BCUT2D eigenvalue weighted by Gasteiger charge is -2.09. The van der Waals surface area contributed by atoms with Crippen LogP contribution in [0.5, 0.6) is 0 Å². The third-order valence-electron chi connectivity index (χ3n) is 1.83. The fourth-order valence-corrected chi connectivity index (χ4v) is 1.46. The predicted octanol–water partition coefficient (Wildman–Crippen LogP) is 1.07. The zero-order chi connectivity index (χ0) is 8.81. The summed E-state index contributed by atoms with van der Waals surface area (Å²) in [5, 5.41) is 3.76. The Morgan fingerprint density at radius 2 is 2.50 bits per heavy atom. The SMILES string of the molecule is O=C(NCCCBr)C1CCCO1. The van der Waals surface area contributed by atoms with Crippen molar-refractivity contribution in [3.05, 3.63) is 0 Å². The van der Waals surface area contributed by atoms with Crippen LogP contribution >= 0.6 is 15.9 Å². The normalized spacial score (nSPS) is 22.6. The predicted molar refractivity (Wildman–Crippen MR) is 50.4 cm³/mol. The summed E-state index contributed by atoms with van der Waals surface area (Å²) in [6.07, 6.45) is 2.68. The van der Waals surface area contributed by atoms with Crippen molar-refractivity contribution < 1.29 is 9.53 Å². The van der Waals surface area contributed by atoms with E-state index >= 15 is 0 Å². The number of carbonyl (C=O) groups excluding carboxylic acids is 1. The van der Waals surface area contributed by atoms with Gasteiger partial charge < -0.3 is 10.1 Å². The third-order valence-corrected chi connectivity index (χ3v) is 2.39. The van der Waals surface area contributed by atoms with Gasteiger partial charge in [0.15, 0.2) is 0 Å². The number of rotatable bonds is 4. The van der Waals surface area contributed by atoms with Gasteiger partial charge in [-0.15, -0.1) is 0 Å². The third kappa shape index (κ3) is 3.11. The summed E-state index contributed by atoms with van der Waals surface area (Å²) < 4.78 is 5.22. The smallest absolute Gasteiger partial charge is 0.249 e. The number of carbonyl (C=O) groups is 1. The molecule has 1 unspecified atom stereocenters. The Bertz CT molecular complexity index is 146. The standard InChI is InChI=1S/C8H14BrNO2/c9-4-2-5-10-8(11)7-3-1-6-12-7/h7H,1-6H2,(H,10,11). The van der Waals surface area contributed by atoms with Gasteiger partial charge in [-0.2, -0.15) is 0 Å². The molecule has 1 fully saturated rings. The fourth-order valence-electron chi connectivity index (χ4n) is 1.18. The molecule has 1 aliphatic rings. The molecule has 4 heteroatoms. The number of hydrogen-bond donors (Lipinski definition) is 1. The van der Waals surface area contributed by atoms with Crippen molar-refractivity contribution in [1.29, 1.82) is 0 Å². The lowest BCUT2D eigenvalue weighted by Crippen LogP contribution is -2.34. The summed E-state index contributed by atoms with van der Waals surface area (Å²) in [5.41, 5.74) is 0. The van der Waals surface area contributed by atoms with Crippen molar-refractivity contribution in [3.63, 3.8) is 0 Å². The van der Waals surface area contributed by atoms with Gasteiger partial charge >= 0.3 is 0 Å². The largest absolute Gasteiger partial charge is 0.368 e. The van der Waals surface area contributed by atoms with Gasteiger partial charge in [-0.25, -0.2) is 0 Å². The molecule has 0 aliphatic carbocycles. The topological polar surface area (TPSA) is 38.3 Å². The molecule has 0 saturated carbocycles. The van der Waals surface area contributed by atoms with E-state index in [1.54, 1.807) is 0 Å². The van der Waals surface area contributed by atoms with E-state index in [9.17, 15) is 4.79 Å². The van der Waals surface area contributed by atoms with E-state index in [4.69, 9.17) is 4.74 Å². The van der Waals surface area contributed by atoms with Gasteiger partial charge in [-0.05, 0) is 19.3 Å². The van der Waals surface area contributed by atoms with Gasteiger partial charge in [0.2, 0.25) is 5.91 Å². The van der Waals surface area contributed by atoms with E-state index in [-0.39, 0.29) is 12.0 Å². The Morgan fingerprint density at radius 1 is 1.67 bits per heavy atom. The van der Waals surface area contributed by atoms with Crippen LogP contribution in [0, 0.1) is 0 Å². The zero-order valence-electron chi connectivity index (χ0n) is 7.01. The van der Waals surface area contributed by atoms with E-state index in [1.807, 2.05) is 0 Å². The van der Waals surface area contributed by atoms with E-state index in [0.717, 1.165) is 37.7 Å². The van der Waals surface area contributed by atoms with E-state index in [2.05, 4.69) is 21.2 Å². The number of alkyl halides is 1. The van der Waals surface area contributed by atoms with E-state index < -0.39 is 0 Å². The van der Waals surface area contributed by atoms with Crippen molar-refractivity contribution in [1.82, 2.24) is 5.32 Å². The second-order valence-electron chi connectivity index (χ2n) is 2.84. The van der Waals surface area contributed by atoms with Gasteiger partial charge in [0.1, 0.15) is 6.10 Å². The van der Waals surface area contributed by atoms with Crippen LogP contribution in [-0.2, 0) is 9.53 Å². The van der Waals surface area contributed by atoms with Gasteiger partial charge in [-0.1, -0.05) is 15.9 Å². The van der Waals surface area contributed by atoms with Crippen LogP contribution in [-0.4, -0.2) is 30.5 Å². The highest BCUT2D eigenvalue weighted by atomic mass is 79.9. The first-order chi connectivity index (χ1) is 5.84. The van der Waals surface area contributed by atoms with E-state index in [0.29, 0.717) is 0 Å². The van der Waals surface area contributed by atoms with Gasteiger partial charge in [0, 0.05) is 18.5 Å². The molecule has 0 aromatic carbocycles. The Kier molecular flexibility index (Phi) is 4.61. The molecule has 1 rings (SSSR count). The first-order valence-corrected chi connectivity index (χ1v) is 5.42. The minimum Gasteiger partial charge on any atom is -0.368 e. The number of amides is 1. The molecule has 1 aliphatic heterocycles. The second-order valence-corrected chi connectivity index (χ2v) is 3.63. The van der Waals surface area contributed by atoms with Crippen molar-refractivity contribution in [2.24, 2.45) is 0 Å². The van der Waals surface area contributed by atoms with Crippen LogP contribution in [0.3, 0.4) is 0 Å². The van der Waals surface area contributed by atoms with Crippen molar-refractivity contribution in [2.45, 2.75) is 25.4 Å². The molecular weight excluding hydrogens is 222 g/mol. The van der Waals surface area contributed by atoms with Crippen molar-refractivity contribution in [2.75, 3.05) is 18.5 Å². The first-order valence-electron chi connectivity index (χ1n) is 4.30. The van der Waals surface area contributed by atoms with Gasteiger partial charge in [-0.3, -0.25) is 4.79 Å². The Labute approximate surface area is 81.0 Å². The Hall–Kier alpha value is -0.0900. The zero-order valence-corrected chi connectivity index (χ0v) is 8.60. The maximum atomic E-state index is 11.3. The van der Waals surface area contributed by atoms with Gasteiger partial charge in [0.05, 0.1) is 0 Å². The summed E-state index contributed by atoms with van der Waals surface area (Å²) in [5.74, 6) is 0.0495. The second kappa shape index (κ2) is 5.54. The quantitative estimate of drug-likeness (QED) is 0.585. The first kappa shape index (κ1) is 9.99. The molecule has 1 saturated heterocycles. The highest BCUT2D eigenvalue weighted by Gasteiger charge is 2.22. The van der Waals surface area contributed by atoms with Crippen LogP contribution < -0.4 is 5.32 Å². The van der Waals surface area contributed by atoms with Crippen LogP contribution in [0.25, 0.3) is 0 Å². The van der Waals surface area contributed by atoms with Crippen LogP contribution in [0.4, 0.5) is 0 Å². The molecule has 3 nitrogen and oxygen atoms in total. The summed E-state index contributed by atoms with van der Waals surface area (Å²) in [4.78, 5) is 11.3. The molecular formula is C8H14BrNO2. The number of ether oxygens (including phenoxy) is 1. The molecule has 1 atom stereocenters. The molecule has 0 bridgehead atoms. The molecule has 70 valence electrons. The summed E-state index contributed by atoms with van der Waals surface area (Å²) in [6.45, 7) is 1.47. The van der Waals surface area contributed by atoms with Crippen molar-refractivity contribution in [3.8, 4) is 0 Å². The minimum absolute atomic E-state index is 0.0495. The monoisotopic (exact) mass is 235 g/mol. The molecule has 0 radical (unpaired) electrons. The average molecular weight is 236 g/mol. The highest BCUT2D eigenvalue weighted by molar-refractivity contribution is 9.09. The molecule has 1 amide bonds. The lowest BCUT2D eigenvalue weighted by molar-refractivity contribution is -0.130. The lowest BCUT2D eigenvalue weighted by atomic mass is 10.2. The summed E-state index contributed by atoms with van der Waals surface area (Å²) in [7, 11) is 0. The Balaban J connectivity index is 2.10. The van der Waals surface area contributed by atoms with E-state index in [1.165, 1.54) is 0 Å². The molecule has 12 heavy (non-hydrogen) atoms. The van der Waals surface area contributed by atoms with Crippen LogP contribution in [0.2, 0.25) is 0 Å². The highest BCUT2D eigenvalue weighted by Crippen LogP contribution is 2.11. The number of halogens is 1. The molecule has 0 aromatic heterocycles. The summed E-state index contributed by atoms with van der Waals surface area (Å²) >= 11 is 3.30. The average Bonchev–Trinajstić information content (AvgIpc) is 2.56. The maximum absolute atomic E-state index is 11.3. The minimum atomic E-state index is -0.180.